The highest BCUT2D eigenvalue weighted by Crippen LogP contribution is 2.29. The molecule has 0 spiro atoms. The van der Waals surface area contributed by atoms with Crippen molar-refractivity contribution >= 4 is 27.4 Å². The van der Waals surface area contributed by atoms with Gasteiger partial charge in [-0.05, 0) is 24.3 Å². The maximum Gasteiger partial charge on any atom is 0.321 e. The van der Waals surface area contributed by atoms with Crippen molar-refractivity contribution in [1.82, 2.24) is 4.72 Å². The maximum absolute atomic E-state index is 13.4. The van der Waals surface area contributed by atoms with Crippen molar-refractivity contribution in [3.05, 3.63) is 58.4 Å². The minimum atomic E-state index is -4.19. The Bertz CT molecular complexity index is 1030. The molecule has 0 fully saturated rings. The average molecular weight is 441 g/mol. The molecule has 0 aromatic heterocycles. The van der Waals surface area contributed by atoms with Gasteiger partial charge in [0, 0.05) is 20.2 Å². The molecule has 162 valence electrons. The van der Waals surface area contributed by atoms with Gasteiger partial charge in [-0.3, -0.25) is 14.9 Å². The lowest BCUT2D eigenvalue weighted by Gasteiger charge is -2.14. The van der Waals surface area contributed by atoms with Crippen LogP contribution < -0.4 is 14.4 Å². The van der Waals surface area contributed by atoms with Crippen molar-refractivity contribution in [2.24, 2.45) is 0 Å². The summed E-state index contributed by atoms with van der Waals surface area (Å²) in [4.78, 5) is 23.3. The van der Waals surface area contributed by atoms with Gasteiger partial charge in [-0.25, -0.2) is 12.8 Å². The van der Waals surface area contributed by atoms with Gasteiger partial charge in [0.1, 0.15) is 25.4 Å². The van der Waals surface area contributed by atoms with Gasteiger partial charge in [0.15, 0.2) is 11.6 Å². The van der Waals surface area contributed by atoms with E-state index in [1.807, 2.05) is 4.72 Å². The molecule has 10 nitrogen and oxygen atoms in total. The van der Waals surface area contributed by atoms with E-state index in [9.17, 15) is 27.7 Å². The molecule has 2 aromatic rings. The van der Waals surface area contributed by atoms with Crippen molar-refractivity contribution in [2.75, 3.05) is 38.8 Å². The maximum atomic E-state index is 13.4. The van der Waals surface area contributed by atoms with Gasteiger partial charge in [0.2, 0.25) is 10.0 Å². The number of nitrogens with one attached hydrogen (secondary N) is 1. The standard InChI is InChI=1S/C18H20FN3O7S/c1-21(2)15-8-7-13(11-16(15)22(24)25)30(26,27)20-12-18(23)29-10-9-28-17-6-4-3-5-14(17)19/h3-8,11,20H,9-10,12H2,1-2H3. The Hall–Kier alpha value is -3.25. The van der Waals surface area contributed by atoms with E-state index >= 15 is 0 Å². The highest BCUT2D eigenvalue weighted by molar-refractivity contribution is 7.89. The summed E-state index contributed by atoms with van der Waals surface area (Å²) in [6, 6.07) is 9.09. The number of ether oxygens (including phenoxy) is 2. The monoisotopic (exact) mass is 441 g/mol. The number of carbonyl (C=O) groups excluding carboxylic acids is 1. The van der Waals surface area contributed by atoms with Gasteiger partial charge < -0.3 is 14.4 Å². The molecule has 0 amide bonds. The summed E-state index contributed by atoms with van der Waals surface area (Å²) in [7, 11) is -1.02. The van der Waals surface area contributed by atoms with Gasteiger partial charge in [0.05, 0.1) is 9.82 Å². The van der Waals surface area contributed by atoms with E-state index in [4.69, 9.17) is 9.47 Å². The molecule has 2 aromatic carbocycles. The molecule has 0 unspecified atom stereocenters. The number of nitro benzene ring substituents is 1. The first-order valence-corrected chi connectivity index (χ1v) is 10.1. The van der Waals surface area contributed by atoms with Crippen LogP contribution in [-0.4, -0.2) is 53.2 Å². The minimum absolute atomic E-state index is 0.00276. The van der Waals surface area contributed by atoms with Crippen LogP contribution in [0.15, 0.2) is 47.4 Å². The molecule has 0 heterocycles. The van der Waals surface area contributed by atoms with Crippen LogP contribution in [0.1, 0.15) is 0 Å². The molecule has 2 rings (SSSR count). The van der Waals surface area contributed by atoms with Gasteiger partial charge in [-0.15, -0.1) is 0 Å². The van der Waals surface area contributed by atoms with Gasteiger partial charge in [-0.2, -0.15) is 4.72 Å². The number of benzene rings is 2. The molecule has 1 N–H and O–H groups in total. The fourth-order valence-corrected chi connectivity index (χ4v) is 3.34. The van der Waals surface area contributed by atoms with Crippen LogP contribution in [0, 0.1) is 15.9 Å². The molecular weight excluding hydrogens is 421 g/mol. The first kappa shape index (κ1) is 23.0. The highest BCUT2D eigenvalue weighted by atomic mass is 32.2. The Balaban J connectivity index is 1.90. The van der Waals surface area contributed by atoms with Crippen LogP contribution in [0.5, 0.6) is 5.75 Å². The van der Waals surface area contributed by atoms with Crippen molar-refractivity contribution in [2.45, 2.75) is 4.90 Å². The normalized spacial score (nSPS) is 11.0. The van der Waals surface area contributed by atoms with Crippen LogP contribution in [0.2, 0.25) is 0 Å². The largest absolute Gasteiger partial charge is 0.487 e. The first-order chi connectivity index (χ1) is 14.1. The zero-order valence-electron chi connectivity index (χ0n) is 16.2. The SMILES string of the molecule is CN(C)c1ccc(S(=O)(=O)NCC(=O)OCCOc2ccccc2F)cc1[N+](=O)[O-]. The molecule has 0 aliphatic rings. The van der Waals surface area contributed by atoms with Gasteiger partial charge in [-0.1, -0.05) is 12.1 Å². The Morgan fingerprint density at radius 3 is 2.53 bits per heavy atom. The number of rotatable bonds is 10. The second-order valence-corrected chi connectivity index (χ2v) is 7.89. The number of nitrogens with zero attached hydrogens (tertiary/aromatic N) is 2. The van der Waals surface area contributed by atoms with Crippen LogP contribution in [0.25, 0.3) is 0 Å². The lowest BCUT2D eigenvalue weighted by atomic mass is 10.2. The Kier molecular flexibility index (Phi) is 7.66. The number of hydrogen-bond acceptors (Lipinski definition) is 8. The number of sulfonamides is 1. The summed E-state index contributed by atoms with van der Waals surface area (Å²) >= 11 is 0. The van der Waals surface area contributed by atoms with E-state index in [2.05, 4.69) is 0 Å². The Morgan fingerprint density at radius 2 is 1.90 bits per heavy atom. The van der Waals surface area contributed by atoms with E-state index in [1.54, 1.807) is 20.2 Å². The molecule has 0 saturated heterocycles. The number of esters is 1. The van der Waals surface area contributed by atoms with Gasteiger partial charge in [0.25, 0.3) is 5.69 Å². The molecule has 12 heteroatoms. The number of anilines is 1. The van der Waals surface area contributed by atoms with Crippen LogP contribution in [0.4, 0.5) is 15.8 Å². The molecular formula is C18H20FN3O7S. The second-order valence-electron chi connectivity index (χ2n) is 6.13. The smallest absolute Gasteiger partial charge is 0.321 e. The van der Waals surface area contributed by atoms with Crippen molar-refractivity contribution in [1.29, 1.82) is 0 Å². The summed E-state index contributed by atoms with van der Waals surface area (Å²) in [6.45, 7) is -1.04. The summed E-state index contributed by atoms with van der Waals surface area (Å²) in [5.74, 6) is -1.46. The summed E-state index contributed by atoms with van der Waals surface area (Å²) in [5, 5.41) is 11.2. The predicted molar refractivity (Wildman–Crippen MR) is 105 cm³/mol. The third-order valence-corrected chi connectivity index (χ3v) is 5.18. The molecule has 0 saturated carbocycles. The Morgan fingerprint density at radius 1 is 1.20 bits per heavy atom. The fraction of sp³-hybridized carbons (Fsp3) is 0.278. The third kappa shape index (κ3) is 6.12. The number of para-hydroxylation sites is 1. The van der Waals surface area contributed by atoms with Crippen LogP contribution in [-0.2, 0) is 19.6 Å². The quantitative estimate of drug-likeness (QED) is 0.255. The molecule has 0 aliphatic carbocycles. The van der Waals surface area contributed by atoms with E-state index in [0.717, 1.165) is 6.07 Å². The molecule has 0 bridgehead atoms. The summed E-state index contributed by atoms with van der Waals surface area (Å²) in [5.41, 5.74) is -0.163. The Labute approximate surface area is 172 Å². The predicted octanol–water partition coefficient (Wildman–Crippen LogP) is 1.70. The number of carbonyl (C=O) groups is 1. The van der Waals surface area contributed by atoms with Crippen molar-refractivity contribution in [3.63, 3.8) is 0 Å². The highest BCUT2D eigenvalue weighted by Gasteiger charge is 2.23. The zero-order valence-corrected chi connectivity index (χ0v) is 17.0. The minimum Gasteiger partial charge on any atom is -0.487 e. The number of nitro groups is 1. The van der Waals surface area contributed by atoms with Gasteiger partial charge >= 0.3 is 5.97 Å². The van der Waals surface area contributed by atoms with E-state index in [0.29, 0.717) is 0 Å². The van der Waals surface area contributed by atoms with Crippen molar-refractivity contribution < 1.29 is 32.0 Å². The summed E-state index contributed by atoms with van der Waals surface area (Å²) < 4.78 is 50.0. The van der Waals surface area contributed by atoms with Crippen LogP contribution in [0.3, 0.4) is 0 Å². The lowest BCUT2D eigenvalue weighted by Crippen LogP contribution is -2.31. The van der Waals surface area contributed by atoms with E-state index in [1.165, 1.54) is 35.2 Å². The molecule has 30 heavy (non-hydrogen) atoms. The number of halogens is 1. The summed E-state index contributed by atoms with van der Waals surface area (Å²) in [6.07, 6.45) is 0. The van der Waals surface area contributed by atoms with Crippen LogP contribution >= 0.6 is 0 Å². The van der Waals surface area contributed by atoms with Crippen molar-refractivity contribution in [3.8, 4) is 5.75 Å². The zero-order chi connectivity index (χ0) is 22.3. The lowest BCUT2D eigenvalue weighted by molar-refractivity contribution is -0.384. The fourth-order valence-electron chi connectivity index (χ4n) is 2.35. The molecule has 0 aliphatic heterocycles. The topological polar surface area (TPSA) is 128 Å². The number of hydrogen-bond donors (Lipinski definition) is 1. The first-order valence-electron chi connectivity index (χ1n) is 8.60. The second kappa shape index (κ2) is 9.98. The average Bonchev–Trinajstić information content (AvgIpc) is 2.70. The molecule has 0 radical (unpaired) electrons. The third-order valence-electron chi connectivity index (χ3n) is 3.78. The molecule has 0 atom stereocenters. The van der Waals surface area contributed by atoms with E-state index in [-0.39, 0.29) is 29.5 Å². The van der Waals surface area contributed by atoms with E-state index < -0.39 is 39.0 Å².